The number of rotatable bonds is 5. The molecule has 1 saturated carbocycles. The Bertz CT molecular complexity index is 652. The van der Waals surface area contributed by atoms with E-state index in [1.807, 2.05) is 0 Å². The maximum atomic E-state index is 12.8. The molecule has 0 radical (unpaired) electrons. The molecule has 166 valence electrons. The average Bonchev–Trinajstić information content (AvgIpc) is 3.01. The Balaban J connectivity index is 0.00000210. The maximum Gasteiger partial charge on any atom is 0.416 e. The van der Waals surface area contributed by atoms with Gasteiger partial charge in [-0.2, -0.15) is 13.2 Å². The monoisotopic (exact) mass is 455 g/mol. The molecule has 0 unspecified atom stereocenters. The molecule has 1 heterocycles. The van der Waals surface area contributed by atoms with Crippen LogP contribution in [0.1, 0.15) is 49.7 Å². The Kier molecular flexibility index (Phi) is 10.2. The minimum absolute atomic E-state index is 0. The van der Waals surface area contributed by atoms with E-state index in [2.05, 4.69) is 10.2 Å². The van der Waals surface area contributed by atoms with E-state index >= 15 is 0 Å². The predicted molar refractivity (Wildman–Crippen MR) is 112 cm³/mol. The highest BCUT2D eigenvalue weighted by Crippen LogP contribution is 2.30. The smallest absolute Gasteiger partial charge is 0.353 e. The number of alkyl halides is 3. The summed E-state index contributed by atoms with van der Waals surface area (Å²) in [6, 6.07) is 5.80. The lowest BCUT2D eigenvalue weighted by Gasteiger charge is -2.32. The second-order valence-electron chi connectivity index (χ2n) is 7.88. The molecule has 1 saturated heterocycles. The number of hydrogen-bond donors (Lipinski definition) is 2. The van der Waals surface area contributed by atoms with Crippen molar-refractivity contribution in [3.63, 3.8) is 0 Å². The normalized spacial score (nSPS) is 23.2. The van der Waals surface area contributed by atoms with Gasteiger partial charge < -0.3 is 11.1 Å². The van der Waals surface area contributed by atoms with Crippen molar-refractivity contribution >= 4 is 30.7 Å². The fourth-order valence-electron chi connectivity index (χ4n) is 4.18. The number of likely N-dealkylation sites (tertiary alicyclic amines) is 1. The Morgan fingerprint density at radius 1 is 1.14 bits per heavy atom. The van der Waals surface area contributed by atoms with E-state index < -0.39 is 11.7 Å². The molecule has 0 bridgehead atoms. The zero-order valence-electron chi connectivity index (χ0n) is 16.3. The molecule has 2 fully saturated rings. The summed E-state index contributed by atoms with van der Waals surface area (Å²) in [5, 5.41) is 3.11. The molecule has 0 aromatic heterocycles. The molecule has 1 aliphatic heterocycles. The Morgan fingerprint density at radius 3 is 2.41 bits per heavy atom. The van der Waals surface area contributed by atoms with Gasteiger partial charge in [-0.25, -0.2) is 0 Å². The number of halogens is 5. The SMILES string of the molecule is Cl.Cl.N[C@@H]1CCC[C@H]1CC(=O)NC1CCN(Cc2cccc(C(F)(F)F)c2)CC1. The van der Waals surface area contributed by atoms with Crippen LogP contribution in [0.25, 0.3) is 0 Å². The molecule has 3 N–H and O–H groups in total. The lowest BCUT2D eigenvalue weighted by molar-refractivity contribution is -0.137. The number of benzene rings is 1. The van der Waals surface area contributed by atoms with Crippen LogP contribution in [0.5, 0.6) is 0 Å². The van der Waals surface area contributed by atoms with Crippen molar-refractivity contribution in [3.05, 3.63) is 35.4 Å². The fraction of sp³-hybridized carbons (Fsp3) is 0.650. The van der Waals surface area contributed by atoms with Crippen molar-refractivity contribution in [1.29, 1.82) is 0 Å². The van der Waals surface area contributed by atoms with Crippen molar-refractivity contribution in [1.82, 2.24) is 10.2 Å². The summed E-state index contributed by atoms with van der Waals surface area (Å²) in [6.45, 7) is 2.04. The molecule has 1 aromatic rings. The topological polar surface area (TPSA) is 58.4 Å². The second kappa shape index (κ2) is 11.4. The van der Waals surface area contributed by atoms with E-state index in [-0.39, 0.29) is 42.8 Å². The average molecular weight is 456 g/mol. The minimum atomic E-state index is -4.31. The molecular formula is C20H30Cl2F3N3O. The van der Waals surface area contributed by atoms with E-state index in [4.69, 9.17) is 5.73 Å². The van der Waals surface area contributed by atoms with Crippen LogP contribution in [0.3, 0.4) is 0 Å². The van der Waals surface area contributed by atoms with Crippen molar-refractivity contribution in [2.24, 2.45) is 11.7 Å². The lowest BCUT2D eigenvalue weighted by atomic mass is 9.98. The third kappa shape index (κ3) is 7.63. The standard InChI is InChI=1S/C20H28F3N3O.2ClH/c21-20(22,23)16-5-1-3-14(11-16)13-26-9-7-17(8-10-26)25-19(27)12-15-4-2-6-18(15)24;;/h1,3,5,11,15,17-18H,2,4,6-10,12-13,24H2,(H,25,27);2*1H/t15-,18+;;/m0../s1. The van der Waals surface area contributed by atoms with Crippen LogP contribution in [-0.2, 0) is 17.5 Å². The lowest BCUT2D eigenvalue weighted by Crippen LogP contribution is -2.45. The number of carbonyl (C=O) groups is 1. The van der Waals surface area contributed by atoms with Crippen molar-refractivity contribution < 1.29 is 18.0 Å². The van der Waals surface area contributed by atoms with Gasteiger partial charge in [-0.15, -0.1) is 24.8 Å². The molecule has 1 amide bonds. The summed E-state index contributed by atoms with van der Waals surface area (Å²) in [5.41, 5.74) is 6.10. The fourth-order valence-corrected chi connectivity index (χ4v) is 4.18. The molecule has 1 aliphatic carbocycles. The van der Waals surface area contributed by atoms with Gasteiger partial charge in [0.25, 0.3) is 0 Å². The van der Waals surface area contributed by atoms with Crippen LogP contribution in [0.4, 0.5) is 13.2 Å². The molecule has 2 aliphatic rings. The largest absolute Gasteiger partial charge is 0.416 e. The molecule has 4 nitrogen and oxygen atoms in total. The summed E-state index contributed by atoms with van der Waals surface area (Å²) in [7, 11) is 0. The molecule has 29 heavy (non-hydrogen) atoms. The highest BCUT2D eigenvalue weighted by Gasteiger charge is 2.31. The summed E-state index contributed by atoms with van der Waals surface area (Å²) in [6.07, 6.45) is 0.979. The summed E-state index contributed by atoms with van der Waals surface area (Å²) >= 11 is 0. The van der Waals surface area contributed by atoms with E-state index in [1.54, 1.807) is 6.07 Å². The zero-order chi connectivity index (χ0) is 19.4. The first-order chi connectivity index (χ1) is 12.8. The molecule has 2 atom stereocenters. The Morgan fingerprint density at radius 2 is 1.83 bits per heavy atom. The van der Waals surface area contributed by atoms with Gasteiger partial charge in [0.2, 0.25) is 5.91 Å². The van der Waals surface area contributed by atoms with Gasteiger partial charge in [-0.3, -0.25) is 9.69 Å². The predicted octanol–water partition coefficient (Wildman–Crippen LogP) is 4.15. The molecular weight excluding hydrogens is 426 g/mol. The second-order valence-corrected chi connectivity index (χ2v) is 7.88. The zero-order valence-corrected chi connectivity index (χ0v) is 17.9. The first-order valence-corrected chi connectivity index (χ1v) is 9.74. The van der Waals surface area contributed by atoms with Gasteiger partial charge in [-0.05, 0) is 43.2 Å². The number of hydrogen-bond acceptors (Lipinski definition) is 3. The molecule has 3 rings (SSSR count). The van der Waals surface area contributed by atoms with E-state index in [0.717, 1.165) is 51.3 Å². The number of carbonyl (C=O) groups excluding carboxylic acids is 1. The van der Waals surface area contributed by atoms with Crippen molar-refractivity contribution in [3.8, 4) is 0 Å². The van der Waals surface area contributed by atoms with Gasteiger partial charge in [0, 0.05) is 38.1 Å². The van der Waals surface area contributed by atoms with Crippen LogP contribution in [0, 0.1) is 5.92 Å². The van der Waals surface area contributed by atoms with Gasteiger partial charge in [-0.1, -0.05) is 24.6 Å². The van der Waals surface area contributed by atoms with Crippen LogP contribution < -0.4 is 11.1 Å². The number of nitrogens with zero attached hydrogens (tertiary/aromatic N) is 1. The Hall–Kier alpha value is -1.02. The number of piperidine rings is 1. The van der Waals surface area contributed by atoms with Crippen LogP contribution in [-0.4, -0.2) is 36.0 Å². The minimum Gasteiger partial charge on any atom is -0.353 e. The molecule has 0 spiro atoms. The number of nitrogens with two attached hydrogens (primary N) is 1. The summed E-state index contributed by atoms with van der Waals surface area (Å²) in [4.78, 5) is 14.4. The van der Waals surface area contributed by atoms with Crippen LogP contribution in [0.15, 0.2) is 24.3 Å². The highest BCUT2D eigenvalue weighted by molar-refractivity contribution is 5.85. The maximum absolute atomic E-state index is 12.8. The number of nitrogens with one attached hydrogen (secondary N) is 1. The molecule has 1 aromatic carbocycles. The van der Waals surface area contributed by atoms with Crippen molar-refractivity contribution in [2.45, 2.75) is 63.3 Å². The first-order valence-electron chi connectivity index (χ1n) is 9.74. The van der Waals surface area contributed by atoms with E-state index in [0.29, 0.717) is 24.4 Å². The third-order valence-electron chi connectivity index (χ3n) is 5.78. The van der Waals surface area contributed by atoms with Crippen molar-refractivity contribution in [2.75, 3.05) is 13.1 Å². The Labute approximate surface area is 182 Å². The van der Waals surface area contributed by atoms with E-state index in [9.17, 15) is 18.0 Å². The van der Waals surface area contributed by atoms with Crippen LogP contribution in [0.2, 0.25) is 0 Å². The first kappa shape index (κ1) is 26.0. The van der Waals surface area contributed by atoms with Gasteiger partial charge in [0.15, 0.2) is 0 Å². The van der Waals surface area contributed by atoms with Gasteiger partial charge in [0.05, 0.1) is 5.56 Å². The summed E-state index contributed by atoms with van der Waals surface area (Å²) in [5.74, 6) is 0.375. The number of amides is 1. The quantitative estimate of drug-likeness (QED) is 0.700. The highest BCUT2D eigenvalue weighted by atomic mass is 35.5. The van der Waals surface area contributed by atoms with Gasteiger partial charge in [0.1, 0.15) is 0 Å². The summed E-state index contributed by atoms with van der Waals surface area (Å²) < 4.78 is 38.5. The van der Waals surface area contributed by atoms with E-state index in [1.165, 1.54) is 12.1 Å². The third-order valence-corrected chi connectivity index (χ3v) is 5.78. The van der Waals surface area contributed by atoms with Crippen LogP contribution >= 0.6 is 24.8 Å². The van der Waals surface area contributed by atoms with Gasteiger partial charge >= 0.3 is 6.18 Å². The molecule has 9 heteroatoms.